The Kier molecular flexibility index (Phi) is 13.9. The van der Waals surface area contributed by atoms with E-state index >= 15 is 0 Å². The van der Waals surface area contributed by atoms with Crippen LogP contribution in [0.3, 0.4) is 0 Å². The van der Waals surface area contributed by atoms with Gasteiger partial charge in [-0.05, 0) is 89.5 Å². The van der Waals surface area contributed by atoms with Gasteiger partial charge in [0.25, 0.3) is 5.69 Å². The van der Waals surface area contributed by atoms with E-state index in [-0.39, 0.29) is 82.0 Å². The number of nitro groups is 1. The normalized spacial score (nSPS) is 14.4. The van der Waals surface area contributed by atoms with Gasteiger partial charge in [0.15, 0.2) is 5.78 Å². The number of carbonyl (C=O) groups excluding carboxylic acids is 2. The molecule has 0 amide bonds. The zero-order chi connectivity index (χ0) is 38.8. The van der Waals surface area contributed by atoms with Crippen molar-refractivity contribution in [1.29, 1.82) is 0 Å². The Morgan fingerprint density at radius 2 is 1.23 bits per heavy atom. The fourth-order valence-corrected chi connectivity index (χ4v) is 6.38. The van der Waals surface area contributed by atoms with E-state index in [1.807, 2.05) is 12.1 Å². The number of carbonyl (C=O) groups is 2. The second kappa shape index (κ2) is 17.9. The van der Waals surface area contributed by atoms with Crippen molar-refractivity contribution in [3.63, 3.8) is 0 Å². The minimum atomic E-state index is -5.41. The number of benzene rings is 4. The summed E-state index contributed by atoms with van der Waals surface area (Å²) in [7, 11) is -10.8. The molecule has 0 bridgehead atoms. The van der Waals surface area contributed by atoms with Crippen LogP contribution in [-0.4, -0.2) is 53.9 Å². The molecular weight excluding hydrogens is 791 g/mol. The summed E-state index contributed by atoms with van der Waals surface area (Å²) in [6.45, 7) is 0. The molecule has 0 unspecified atom stereocenters. The fourth-order valence-electron chi connectivity index (χ4n) is 5.08. The van der Waals surface area contributed by atoms with Crippen LogP contribution >= 0.6 is 0 Å². The summed E-state index contributed by atoms with van der Waals surface area (Å²) in [5, 5.41) is 26.6. The van der Waals surface area contributed by atoms with E-state index in [0.29, 0.717) is 23.5 Å². The standard InChI is InChI=1S/C34H24N8O10S2.2Na/c35-31-30-21(17-28(53(47,48)49)32(31)40-38-24-9-13-26(14-10-24)42(45)46)18-29(54(50,51)52)33(34(30)44)41-39-23-7-3-20(4-8-23)19-1-5-22(6-2-19)36-37-25-11-15-27(43)16-12-25;;/h1-18,36,39H,35H2,(H,47,48,49)(H,50,51,52);;/q;2*+1/p-2/b40-38?,41-33+;;. The van der Waals surface area contributed by atoms with Gasteiger partial charge in [0.05, 0.1) is 48.7 Å². The smallest absolute Gasteiger partial charge is 0.744 e. The number of non-ortho nitro benzene ring substituents is 1. The molecule has 56 heavy (non-hydrogen) atoms. The SMILES string of the molecule is Nc1c(N=Nc2ccc([N+](=O)[O-])cc2)c(S(=O)(=O)[O-])cc2c1C(=O)/C(=N/Nc1ccc(-c3ccc(NN=C4C=CC(=O)C=C4)cc3)cc1)C(S(=O)(=O)[O-])=C2.[Na+].[Na+]. The average Bonchev–Trinajstić information content (AvgIpc) is 3.13. The molecule has 0 saturated carbocycles. The van der Waals surface area contributed by atoms with Gasteiger partial charge in [0.1, 0.15) is 31.6 Å². The van der Waals surface area contributed by atoms with Gasteiger partial charge in [-0.2, -0.15) is 15.3 Å². The maximum atomic E-state index is 13.7. The number of nitrogen functional groups attached to an aromatic ring is 1. The van der Waals surface area contributed by atoms with Gasteiger partial charge in [-0.15, -0.1) is 5.11 Å². The molecule has 0 radical (unpaired) electrons. The molecule has 4 aromatic carbocycles. The molecule has 0 aliphatic heterocycles. The van der Waals surface area contributed by atoms with Crippen molar-refractivity contribution < 1.29 is 99.6 Å². The summed E-state index contributed by atoms with van der Waals surface area (Å²) in [5.41, 5.74) is 11.0. The van der Waals surface area contributed by atoms with Crippen molar-refractivity contribution in [1.82, 2.24) is 0 Å². The first kappa shape index (κ1) is 43.7. The number of nitro benzene ring substituents is 1. The summed E-state index contributed by atoms with van der Waals surface area (Å²) in [6.07, 6.45) is 6.63. The second-order valence-corrected chi connectivity index (χ2v) is 14.0. The number of allylic oxidation sites excluding steroid dienone is 5. The summed E-state index contributed by atoms with van der Waals surface area (Å²) in [6, 6.07) is 18.9. The molecule has 0 fully saturated rings. The number of nitrogens with two attached hydrogens (primary N) is 1. The van der Waals surface area contributed by atoms with E-state index in [0.717, 1.165) is 23.3 Å². The maximum Gasteiger partial charge on any atom is 1.00 e. The van der Waals surface area contributed by atoms with Crippen molar-refractivity contribution in [3.05, 3.63) is 129 Å². The molecule has 0 heterocycles. The van der Waals surface area contributed by atoms with Crippen molar-refractivity contribution in [2.45, 2.75) is 4.90 Å². The van der Waals surface area contributed by atoms with Crippen LogP contribution in [0, 0.1) is 10.1 Å². The summed E-state index contributed by atoms with van der Waals surface area (Å²) in [5.74, 6) is -1.34. The monoisotopic (exact) mass is 812 g/mol. The number of Topliss-reactive ketones (excluding diaryl/α,β-unsaturated/α-hetero) is 1. The third kappa shape index (κ3) is 10.0. The molecule has 0 spiro atoms. The van der Waals surface area contributed by atoms with E-state index < -0.39 is 69.0 Å². The third-order valence-electron chi connectivity index (χ3n) is 7.71. The Labute approximate surface area is 362 Å². The molecule has 22 heteroatoms. The van der Waals surface area contributed by atoms with Gasteiger partial charge in [-0.3, -0.25) is 30.6 Å². The van der Waals surface area contributed by atoms with Crippen LogP contribution in [0.5, 0.6) is 0 Å². The number of rotatable bonds is 10. The van der Waals surface area contributed by atoms with E-state index in [1.165, 1.54) is 24.3 Å². The van der Waals surface area contributed by atoms with Crippen LogP contribution in [0.25, 0.3) is 17.2 Å². The summed E-state index contributed by atoms with van der Waals surface area (Å²) in [4.78, 5) is 33.1. The predicted molar refractivity (Wildman–Crippen MR) is 195 cm³/mol. The number of hydrazone groups is 2. The molecule has 2 aliphatic rings. The average molecular weight is 813 g/mol. The van der Waals surface area contributed by atoms with Crippen LogP contribution in [0.1, 0.15) is 15.9 Å². The molecule has 6 rings (SSSR count). The number of hydrogen-bond acceptors (Lipinski definition) is 17. The van der Waals surface area contributed by atoms with Crippen LogP contribution in [0.15, 0.2) is 133 Å². The zero-order valence-corrected chi connectivity index (χ0v) is 34.7. The molecule has 18 nitrogen and oxygen atoms in total. The first-order chi connectivity index (χ1) is 25.6. The number of anilines is 3. The van der Waals surface area contributed by atoms with Gasteiger partial charge in [0, 0.05) is 12.1 Å². The summed E-state index contributed by atoms with van der Waals surface area (Å²) < 4.78 is 73.4. The molecule has 272 valence electrons. The van der Waals surface area contributed by atoms with Crippen molar-refractivity contribution in [2.24, 2.45) is 20.4 Å². The van der Waals surface area contributed by atoms with Crippen molar-refractivity contribution in [2.75, 3.05) is 16.6 Å². The van der Waals surface area contributed by atoms with Crippen LogP contribution in [0.4, 0.5) is 34.1 Å². The first-order valence-corrected chi connectivity index (χ1v) is 18.0. The number of fused-ring (bicyclic) bond motifs is 1. The fraction of sp³-hybridized carbons (Fsp3) is 0. The van der Waals surface area contributed by atoms with Crippen LogP contribution < -0.4 is 75.7 Å². The Balaban J connectivity index is 0.00000348. The van der Waals surface area contributed by atoms with Crippen molar-refractivity contribution in [3.8, 4) is 11.1 Å². The number of azo groups is 1. The van der Waals surface area contributed by atoms with E-state index in [9.17, 15) is 45.6 Å². The zero-order valence-electron chi connectivity index (χ0n) is 29.1. The van der Waals surface area contributed by atoms with Crippen LogP contribution in [0.2, 0.25) is 0 Å². The predicted octanol–water partition coefficient (Wildman–Crippen LogP) is -0.815. The molecule has 0 aromatic heterocycles. The third-order valence-corrected chi connectivity index (χ3v) is 9.41. The summed E-state index contributed by atoms with van der Waals surface area (Å²) >= 11 is 0. The Hall–Kier alpha value is -5.00. The number of ketones is 2. The largest absolute Gasteiger partial charge is 1.00 e. The molecule has 0 atom stereocenters. The molecule has 0 saturated heterocycles. The van der Waals surface area contributed by atoms with Crippen molar-refractivity contribution >= 4 is 83.4 Å². The Bertz CT molecular complexity index is 2640. The van der Waals surface area contributed by atoms with Crippen LogP contribution in [-0.2, 0) is 25.0 Å². The second-order valence-electron chi connectivity index (χ2n) is 11.3. The van der Waals surface area contributed by atoms with Gasteiger partial charge < -0.3 is 14.8 Å². The molecule has 4 aromatic rings. The minimum Gasteiger partial charge on any atom is -0.744 e. The minimum absolute atomic E-state index is 0. The maximum absolute atomic E-state index is 13.7. The topological polar surface area (TPSA) is 291 Å². The molecule has 2 aliphatic carbocycles. The van der Waals surface area contributed by atoms with Gasteiger partial charge in [-0.25, -0.2) is 16.8 Å². The Morgan fingerprint density at radius 1 is 0.696 bits per heavy atom. The van der Waals surface area contributed by atoms with Gasteiger partial charge >= 0.3 is 59.1 Å². The number of nitrogens with one attached hydrogen (secondary N) is 2. The van der Waals surface area contributed by atoms with Gasteiger partial charge in [-0.1, -0.05) is 24.3 Å². The Morgan fingerprint density at radius 3 is 1.73 bits per heavy atom. The first-order valence-electron chi connectivity index (χ1n) is 15.2. The van der Waals surface area contributed by atoms with E-state index in [1.54, 1.807) is 48.6 Å². The number of hydrogen-bond donors (Lipinski definition) is 3. The van der Waals surface area contributed by atoms with E-state index in [4.69, 9.17) is 5.73 Å². The molecule has 4 N–H and O–H groups in total. The van der Waals surface area contributed by atoms with E-state index in [2.05, 4.69) is 31.3 Å². The number of nitrogens with zero attached hydrogens (tertiary/aromatic N) is 5. The molecular formula is C34H22N8Na2O10S2. The quantitative estimate of drug-likeness (QED) is 0.0336. The van der Waals surface area contributed by atoms with Gasteiger partial charge in [0.2, 0.25) is 5.78 Å².